The van der Waals surface area contributed by atoms with Gasteiger partial charge in [-0.3, -0.25) is 10.1 Å². The molecule has 0 saturated carbocycles. The number of nitro benzene ring substituents is 1. The topological polar surface area (TPSA) is 115 Å². The molecule has 0 aliphatic heterocycles. The van der Waals surface area contributed by atoms with Gasteiger partial charge in [0.15, 0.2) is 0 Å². The van der Waals surface area contributed by atoms with Crippen LogP contribution in [-0.4, -0.2) is 13.3 Å². The molecule has 1 atom stereocenters. The fraction of sp³-hybridized carbons (Fsp3) is 0.200. The van der Waals surface area contributed by atoms with Crippen LogP contribution in [0.4, 0.5) is 15.8 Å². The summed E-state index contributed by atoms with van der Waals surface area (Å²) < 4.78 is 36.2. The van der Waals surface area contributed by atoms with Gasteiger partial charge in [0, 0.05) is 6.07 Å². The number of nitrogens with zero attached hydrogens (tertiary/aromatic N) is 1. The van der Waals surface area contributed by atoms with Crippen molar-refractivity contribution in [1.82, 2.24) is 0 Å². The SMILES string of the molecule is NS(=O)(=O)c1ccc(NC2CCc3ccc(F)cc32)c([N+](=O)[O-])c1. The van der Waals surface area contributed by atoms with Gasteiger partial charge in [0.1, 0.15) is 11.5 Å². The Morgan fingerprint density at radius 3 is 2.67 bits per heavy atom. The Morgan fingerprint density at radius 1 is 1.25 bits per heavy atom. The standard InChI is InChI=1S/C15H14FN3O4S/c16-10-3-1-9-2-5-13(12(9)7-10)18-14-6-4-11(24(17,22)23)8-15(14)19(20)21/h1,3-4,6-8,13,18H,2,5H2,(H2,17,22,23). The van der Waals surface area contributed by atoms with Crippen molar-refractivity contribution in [2.45, 2.75) is 23.8 Å². The van der Waals surface area contributed by atoms with Gasteiger partial charge in [-0.15, -0.1) is 0 Å². The van der Waals surface area contributed by atoms with Crippen LogP contribution < -0.4 is 10.5 Å². The minimum atomic E-state index is -4.04. The summed E-state index contributed by atoms with van der Waals surface area (Å²) in [6.45, 7) is 0. The van der Waals surface area contributed by atoms with E-state index in [1.54, 1.807) is 6.07 Å². The third-order valence-corrected chi connectivity index (χ3v) is 4.92. The predicted octanol–water partition coefficient (Wildman–Crippen LogP) is 2.48. The number of fused-ring (bicyclic) bond motifs is 1. The zero-order valence-corrected chi connectivity index (χ0v) is 13.2. The van der Waals surface area contributed by atoms with E-state index in [0.717, 1.165) is 23.6 Å². The van der Waals surface area contributed by atoms with Gasteiger partial charge in [-0.05, 0) is 48.2 Å². The van der Waals surface area contributed by atoms with E-state index in [0.29, 0.717) is 6.42 Å². The molecule has 0 fully saturated rings. The average Bonchev–Trinajstić information content (AvgIpc) is 2.88. The number of nitrogens with one attached hydrogen (secondary N) is 1. The number of sulfonamides is 1. The molecule has 1 unspecified atom stereocenters. The highest BCUT2D eigenvalue weighted by Crippen LogP contribution is 2.37. The highest BCUT2D eigenvalue weighted by Gasteiger charge is 2.26. The van der Waals surface area contributed by atoms with Crippen molar-refractivity contribution in [3.05, 3.63) is 63.5 Å². The second-order valence-electron chi connectivity index (χ2n) is 5.56. The van der Waals surface area contributed by atoms with Gasteiger partial charge in [0.25, 0.3) is 5.69 Å². The van der Waals surface area contributed by atoms with Crippen LogP contribution in [0.2, 0.25) is 0 Å². The summed E-state index contributed by atoms with van der Waals surface area (Å²) in [6.07, 6.45) is 1.39. The molecule has 9 heteroatoms. The fourth-order valence-corrected chi connectivity index (χ4v) is 3.41. The van der Waals surface area contributed by atoms with Gasteiger partial charge < -0.3 is 5.32 Å². The van der Waals surface area contributed by atoms with Crippen molar-refractivity contribution in [1.29, 1.82) is 0 Å². The number of hydrogen-bond donors (Lipinski definition) is 2. The molecule has 0 heterocycles. The van der Waals surface area contributed by atoms with Gasteiger partial charge >= 0.3 is 0 Å². The first-order chi connectivity index (χ1) is 11.3. The van der Waals surface area contributed by atoms with Crippen LogP contribution in [0.15, 0.2) is 41.3 Å². The number of halogens is 1. The van der Waals surface area contributed by atoms with Crippen molar-refractivity contribution in [3.63, 3.8) is 0 Å². The van der Waals surface area contributed by atoms with Crippen LogP contribution in [0.3, 0.4) is 0 Å². The zero-order valence-electron chi connectivity index (χ0n) is 12.4. The number of primary sulfonamides is 1. The van der Waals surface area contributed by atoms with Gasteiger partial charge in [-0.2, -0.15) is 0 Å². The van der Waals surface area contributed by atoms with E-state index < -0.39 is 20.6 Å². The summed E-state index contributed by atoms with van der Waals surface area (Å²) in [5.74, 6) is -0.374. The van der Waals surface area contributed by atoms with Crippen LogP contribution in [0.25, 0.3) is 0 Å². The van der Waals surface area contributed by atoms with E-state index in [-0.39, 0.29) is 22.4 Å². The lowest BCUT2D eigenvalue weighted by Gasteiger charge is -2.16. The minimum absolute atomic E-state index is 0.162. The highest BCUT2D eigenvalue weighted by atomic mass is 32.2. The molecule has 0 amide bonds. The number of aryl methyl sites for hydroxylation is 1. The first-order valence-electron chi connectivity index (χ1n) is 7.12. The molecule has 0 radical (unpaired) electrons. The number of benzene rings is 2. The molecular weight excluding hydrogens is 337 g/mol. The predicted molar refractivity (Wildman–Crippen MR) is 85.6 cm³/mol. The quantitative estimate of drug-likeness (QED) is 0.648. The van der Waals surface area contributed by atoms with Crippen molar-refractivity contribution >= 4 is 21.4 Å². The molecule has 0 saturated heterocycles. The number of rotatable bonds is 4. The summed E-state index contributed by atoms with van der Waals surface area (Å²) in [6, 6.07) is 7.62. The Morgan fingerprint density at radius 2 is 2.00 bits per heavy atom. The van der Waals surface area contributed by atoms with E-state index >= 15 is 0 Å². The van der Waals surface area contributed by atoms with E-state index in [1.165, 1.54) is 24.3 Å². The molecule has 0 spiro atoms. The lowest BCUT2D eigenvalue weighted by Crippen LogP contribution is -2.14. The first-order valence-corrected chi connectivity index (χ1v) is 8.66. The van der Waals surface area contributed by atoms with Gasteiger partial charge in [0.05, 0.1) is 15.9 Å². The molecule has 0 bridgehead atoms. The van der Waals surface area contributed by atoms with Gasteiger partial charge in [-0.25, -0.2) is 17.9 Å². The summed E-state index contributed by atoms with van der Waals surface area (Å²) in [5, 5.41) is 19.3. The van der Waals surface area contributed by atoms with Crippen LogP contribution in [0.5, 0.6) is 0 Å². The fourth-order valence-electron chi connectivity index (χ4n) is 2.87. The smallest absolute Gasteiger partial charge is 0.293 e. The number of nitro groups is 1. The lowest BCUT2D eigenvalue weighted by molar-refractivity contribution is -0.384. The van der Waals surface area contributed by atoms with Crippen LogP contribution in [0.1, 0.15) is 23.6 Å². The molecular formula is C15H14FN3O4S. The lowest BCUT2D eigenvalue weighted by atomic mass is 10.1. The summed E-state index contributed by atoms with van der Waals surface area (Å²) in [4.78, 5) is 10.2. The Hall–Kier alpha value is -2.52. The molecule has 126 valence electrons. The maximum atomic E-state index is 13.4. The number of hydrogen-bond acceptors (Lipinski definition) is 5. The van der Waals surface area contributed by atoms with Crippen molar-refractivity contribution in [2.24, 2.45) is 5.14 Å². The van der Waals surface area contributed by atoms with Gasteiger partial charge in [0.2, 0.25) is 10.0 Å². The van der Waals surface area contributed by atoms with Crippen LogP contribution in [-0.2, 0) is 16.4 Å². The van der Waals surface area contributed by atoms with Crippen LogP contribution in [0, 0.1) is 15.9 Å². The number of anilines is 1. The maximum Gasteiger partial charge on any atom is 0.293 e. The molecule has 24 heavy (non-hydrogen) atoms. The molecule has 3 N–H and O–H groups in total. The normalized spacial score (nSPS) is 16.7. The molecule has 0 aromatic heterocycles. The Labute approximate surface area is 137 Å². The summed E-state index contributed by atoms with van der Waals surface area (Å²) >= 11 is 0. The average molecular weight is 351 g/mol. The first kappa shape index (κ1) is 16.3. The second kappa shape index (κ2) is 5.84. The van der Waals surface area contributed by atoms with Crippen molar-refractivity contribution in [2.75, 3.05) is 5.32 Å². The maximum absolute atomic E-state index is 13.4. The number of nitrogens with two attached hydrogens (primary N) is 1. The van der Waals surface area contributed by atoms with E-state index in [1.807, 2.05) is 0 Å². The monoisotopic (exact) mass is 351 g/mol. The van der Waals surface area contributed by atoms with E-state index in [9.17, 15) is 22.9 Å². The molecule has 3 rings (SSSR count). The summed E-state index contributed by atoms with van der Waals surface area (Å²) in [5.41, 5.74) is 1.50. The highest BCUT2D eigenvalue weighted by molar-refractivity contribution is 7.89. The third-order valence-electron chi connectivity index (χ3n) is 4.01. The molecule has 7 nitrogen and oxygen atoms in total. The Kier molecular flexibility index (Phi) is 3.98. The summed E-state index contributed by atoms with van der Waals surface area (Å²) in [7, 11) is -4.04. The largest absolute Gasteiger partial charge is 0.373 e. The minimum Gasteiger partial charge on any atom is -0.373 e. The molecule has 2 aromatic rings. The Balaban J connectivity index is 1.97. The van der Waals surface area contributed by atoms with Crippen LogP contribution >= 0.6 is 0 Å². The zero-order chi connectivity index (χ0) is 17.5. The third kappa shape index (κ3) is 3.08. The molecule has 1 aliphatic rings. The molecule has 2 aromatic carbocycles. The second-order valence-corrected chi connectivity index (χ2v) is 7.12. The Bertz CT molecular complexity index is 930. The van der Waals surface area contributed by atoms with Crippen molar-refractivity contribution < 1.29 is 17.7 Å². The van der Waals surface area contributed by atoms with Crippen molar-refractivity contribution in [3.8, 4) is 0 Å². The van der Waals surface area contributed by atoms with Gasteiger partial charge in [-0.1, -0.05) is 6.07 Å². The van der Waals surface area contributed by atoms with E-state index in [4.69, 9.17) is 5.14 Å². The van der Waals surface area contributed by atoms with E-state index in [2.05, 4.69) is 5.32 Å². The molecule has 1 aliphatic carbocycles.